The second kappa shape index (κ2) is 8.81. The van der Waals surface area contributed by atoms with E-state index in [1.165, 1.54) is 18.6 Å². The molecule has 1 fully saturated rings. The minimum atomic E-state index is -3.57. The van der Waals surface area contributed by atoms with E-state index in [1.54, 1.807) is 17.1 Å². The number of hydrogen-bond donors (Lipinski definition) is 1. The Morgan fingerprint density at radius 1 is 1.26 bits per heavy atom. The smallest absolute Gasteiger partial charge is 0.177 e. The van der Waals surface area contributed by atoms with Crippen molar-refractivity contribution in [1.82, 2.24) is 29.7 Å². The minimum Gasteiger partial charge on any atom is -0.355 e. The largest absolute Gasteiger partial charge is 0.355 e. The molecule has 2 atom stereocenters. The summed E-state index contributed by atoms with van der Waals surface area (Å²) in [7, 11) is -3.57. The normalized spacial score (nSPS) is 16.8. The van der Waals surface area contributed by atoms with Crippen molar-refractivity contribution in [2.24, 2.45) is 5.92 Å². The summed E-state index contributed by atoms with van der Waals surface area (Å²) in [6, 6.07) is 7.34. The van der Waals surface area contributed by atoms with Gasteiger partial charge in [-0.1, -0.05) is 0 Å². The first-order valence-corrected chi connectivity index (χ1v) is 12.8. The lowest BCUT2D eigenvalue weighted by atomic mass is 9.96. The first-order chi connectivity index (χ1) is 16.9. The second-order valence-corrected chi connectivity index (χ2v) is 10.5. The summed E-state index contributed by atoms with van der Waals surface area (Å²) in [4.78, 5) is 17.9. The minimum absolute atomic E-state index is 0.0281. The van der Waals surface area contributed by atoms with Gasteiger partial charge in [0.1, 0.15) is 29.4 Å². The summed E-state index contributed by atoms with van der Waals surface area (Å²) in [5.74, 6) is 0.404. The van der Waals surface area contributed by atoms with Crippen LogP contribution in [0.4, 0.5) is 5.82 Å². The molecule has 0 aromatic carbocycles. The van der Waals surface area contributed by atoms with Crippen LogP contribution in [0.1, 0.15) is 24.4 Å². The Labute approximate surface area is 201 Å². The number of nitrogens with one attached hydrogen (secondary N) is 1. The van der Waals surface area contributed by atoms with Gasteiger partial charge in [0.05, 0.1) is 35.3 Å². The quantitative estimate of drug-likeness (QED) is 0.431. The average Bonchev–Trinajstić information content (AvgIpc) is 3.62. The summed E-state index contributed by atoms with van der Waals surface area (Å²) in [5.41, 5.74) is 2.36. The highest BCUT2D eigenvalue weighted by atomic mass is 32.2. The van der Waals surface area contributed by atoms with Crippen LogP contribution in [0.2, 0.25) is 0 Å². The van der Waals surface area contributed by atoms with Crippen LogP contribution in [0.25, 0.3) is 22.3 Å². The molecule has 4 aromatic rings. The zero-order valence-electron chi connectivity index (χ0n) is 18.8. The van der Waals surface area contributed by atoms with Gasteiger partial charge in [-0.05, 0) is 18.6 Å². The van der Waals surface area contributed by atoms with Crippen molar-refractivity contribution in [2.45, 2.75) is 23.8 Å². The summed E-state index contributed by atoms with van der Waals surface area (Å²) in [5, 5.41) is 24.7. The third kappa shape index (κ3) is 4.09. The van der Waals surface area contributed by atoms with Crippen LogP contribution in [0.5, 0.6) is 0 Å². The van der Waals surface area contributed by atoms with Crippen LogP contribution in [0.15, 0.2) is 48.1 Å². The molecule has 35 heavy (non-hydrogen) atoms. The van der Waals surface area contributed by atoms with E-state index < -0.39 is 9.84 Å². The number of H-pyrrole nitrogens is 1. The number of sulfone groups is 1. The molecule has 0 aliphatic carbocycles. The van der Waals surface area contributed by atoms with Crippen LogP contribution >= 0.6 is 0 Å². The van der Waals surface area contributed by atoms with Crippen molar-refractivity contribution >= 4 is 26.7 Å². The molecular formula is C23H21N9O2S. The number of aromatic nitrogens is 6. The van der Waals surface area contributed by atoms with Crippen molar-refractivity contribution in [3.05, 3.63) is 48.8 Å². The number of fused-ring (bicyclic) bond motifs is 1. The number of rotatable bonds is 6. The Morgan fingerprint density at radius 2 is 2.11 bits per heavy atom. The topological polar surface area (TPSA) is 157 Å². The van der Waals surface area contributed by atoms with E-state index in [4.69, 9.17) is 0 Å². The average molecular weight is 488 g/mol. The Hall–Kier alpha value is -4.29. The van der Waals surface area contributed by atoms with E-state index in [0.717, 1.165) is 35.0 Å². The molecule has 1 aliphatic rings. The molecule has 12 heteroatoms. The maximum absolute atomic E-state index is 12.2. The SMILES string of the molecule is CS(=O)(=O)c1ccnc(N2CCC([C@H](CC#N)n3cc(-c4ncnc5[nH]ccc45)cn3)C2)c1C#N. The molecule has 1 aliphatic heterocycles. The molecule has 0 bridgehead atoms. The number of pyridine rings is 1. The van der Waals surface area contributed by atoms with Crippen LogP contribution in [-0.4, -0.2) is 57.5 Å². The van der Waals surface area contributed by atoms with Gasteiger partial charge >= 0.3 is 0 Å². The van der Waals surface area contributed by atoms with Crippen LogP contribution in [0, 0.1) is 28.6 Å². The molecule has 0 radical (unpaired) electrons. The molecular weight excluding hydrogens is 466 g/mol. The number of anilines is 1. The molecule has 0 spiro atoms. The van der Waals surface area contributed by atoms with Crippen molar-refractivity contribution < 1.29 is 8.42 Å². The van der Waals surface area contributed by atoms with Gasteiger partial charge in [0.2, 0.25) is 0 Å². The molecule has 4 aromatic heterocycles. The third-order valence-corrected chi connectivity index (χ3v) is 7.48. The zero-order valence-corrected chi connectivity index (χ0v) is 19.6. The summed E-state index contributed by atoms with van der Waals surface area (Å²) in [6.45, 7) is 1.11. The Kier molecular flexibility index (Phi) is 5.67. The van der Waals surface area contributed by atoms with Gasteiger partial charge in [0.25, 0.3) is 0 Å². The zero-order chi connectivity index (χ0) is 24.6. The van der Waals surface area contributed by atoms with Crippen LogP contribution in [0.3, 0.4) is 0 Å². The van der Waals surface area contributed by atoms with Crippen molar-refractivity contribution in [1.29, 1.82) is 10.5 Å². The van der Waals surface area contributed by atoms with E-state index in [9.17, 15) is 18.9 Å². The first kappa shape index (κ1) is 22.5. The maximum atomic E-state index is 12.2. The van der Waals surface area contributed by atoms with E-state index in [1.807, 2.05) is 23.2 Å². The fraction of sp³-hybridized carbons (Fsp3) is 0.304. The van der Waals surface area contributed by atoms with Gasteiger partial charge in [-0.15, -0.1) is 0 Å². The number of aromatic amines is 1. The predicted octanol–water partition coefficient (Wildman–Crippen LogP) is 2.47. The van der Waals surface area contributed by atoms with Gasteiger partial charge in [0, 0.05) is 54.8 Å². The molecule has 0 saturated carbocycles. The number of nitriles is 2. The van der Waals surface area contributed by atoms with E-state index >= 15 is 0 Å². The molecule has 1 unspecified atom stereocenters. The summed E-state index contributed by atoms with van der Waals surface area (Å²) < 4.78 is 26.1. The van der Waals surface area contributed by atoms with E-state index in [-0.39, 0.29) is 28.8 Å². The van der Waals surface area contributed by atoms with Gasteiger partial charge in [-0.25, -0.2) is 23.4 Å². The lowest BCUT2D eigenvalue weighted by Crippen LogP contribution is -2.26. The van der Waals surface area contributed by atoms with Gasteiger partial charge in [0.15, 0.2) is 9.84 Å². The highest BCUT2D eigenvalue weighted by Gasteiger charge is 2.34. The molecule has 1 N–H and O–H groups in total. The first-order valence-electron chi connectivity index (χ1n) is 10.9. The van der Waals surface area contributed by atoms with Gasteiger partial charge < -0.3 is 9.88 Å². The van der Waals surface area contributed by atoms with E-state index in [0.29, 0.717) is 18.9 Å². The fourth-order valence-electron chi connectivity index (χ4n) is 4.70. The summed E-state index contributed by atoms with van der Waals surface area (Å²) >= 11 is 0. The summed E-state index contributed by atoms with van der Waals surface area (Å²) in [6.07, 6.45) is 10.4. The fourth-order valence-corrected chi connectivity index (χ4v) is 5.51. The Balaban J connectivity index is 1.43. The van der Waals surface area contributed by atoms with Crippen molar-refractivity contribution in [3.8, 4) is 23.4 Å². The van der Waals surface area contributed by atoms with Crippen LogP contribution in [-0.2, 0) is 9.84 Å². The highest BCUT2D eigenvalue weighted by molar-refractivity contribution is 7.90. The standard InChI is InChI=1S/C23H21N9O2S/c1-35(33,34)20-4-8-27-23(18(20)10-25)31-9-5-15(12-31)19(2-6-24)32-13-16(11-30-32)21-17-3-7-26-22(17)29-14-28-21/h3-4,7-8,11,13-15,19H,2,5,9,12H2,1H3,(H,26,28,29)/t15?,19-/m0/s1. The van der Waals surface area contributed by atoms with Crippen molar-refractivity contribution in [2.75, 3.05) is 24.2 Å². The number of nitrogens with zero attached hydrogens (tertiary/aromatic N) is 8. The molecule has 5 heterocycles. The Bertz CT molecular complexity index is 1590. The highest BCUT2D eigenvalue weighted by Crippen LogP contribution is 2.35. The van der Waals surface area contributed by atoms with Crippen molar-refractivity contribution in [3.63, 3.8) is 0 Å². The lowest BCUT2D eigenvalue weighted by Gasteiger charge is -2.23. The molecule has 11 nitrogen and oxygen atoms in total. The second-order valence-electron chi connectivity index (χ2n) is 8.49. The molecule has 1 saturated heterocycles. The predicted molar refractivity (Wildman–Crippen MR) is 127 cm³/mol. The van der Waals surface area contributed by atoms with Gasteiger partial charge in [-0.3, -0.25) is 4.68 Å². The van der Waals surface area contributed by atoms with E-state index in [2.05, 4.69) is 31.1 Å². The monoisotopic (exact) mass is 487 g/mol. The van der Waals surface area contributed by atoms with Gasteiger partial charge in [-0.2, -0.15) is 15.6 Å². The third-order valence-electron chi connectivity index (χ3n) is 6.34. The Morgan fingerprint density at radius 3 is 2.89 bits per heavy atom. The molecule has 176 valence electrons. The van der Waals surface area contributed by atoms with Crippen LogP contribution < -0.4 is 4.90 Å². The molecule has 0 amide bonds. The lowest BCUT2D eigenvalue weighted by molar-refractivity contribution is 0.332. The number of hydrogen-bond acceptors (Lipinski definition) is 9. The maximum Gasteiger partial charge on any atom is 0.177 e. The molecule has 5 rings (SSSR count).